The molecule has 2 aromatic rings. The molecule has 0 N–H and O–H groups in total. The quantitative estimate of drug-likeness (QED) is 0.867. The molecule has 1 fully saturated rings. The highest BCUT2D eigenvalue weighted by molar-refractivity contribution is 5.73. The van der Waals surface area contributed by atoms with Gasteiger partial charge in [-0.15, -0.1) is 0 Å². The highest BCUT2D eigenvalue weighted by Gasteiger charge is 2.24. The minimum atomic E-state index is 0.165. The van der Waals surface area contributed by atoms with Crippen molar-refractivity contribution in [3.05, 3.63) is 30.4 Å². The van der Waals surface area contributed by atoms with E-state index < -0.39 is 0 Å². The Morgan fingerprint density at radius 2 is 2.13 bits per heavy atom. The molecule has 0 aromatic carbocycles. The van der Waals surface area contributed by atoms with Crippen LogP contribution in [-0.2, 0) is 17.8 Å². The van der Waals surface area contributed by atoms with Crippen LogP contribution in [0.25, 0.3) is 11.4 Å². The maximum atomic E-state index is 11.6. The molecule has 1 atom stereocenters. The summed E-state index contributed by atoms with van der Waals surface area (Å²) in [7, 11) is 0. The van der Waals surface area contributed by atoms with E-state index in [1.807, 2.05) is 15.6 Å². The molecule has 1 amide bonds. The number of aromatic nitrogens is 4. The van der Waals surface area contributed by atoms with Crippen LogP contribution in [0.2, 0.25) is 0 Å². The molecule has 0 bridgehead atoms. The van der Waals surface area contributed by atoms with Crippen LogP contribution in [-0.4, -0.2) is 43.6 Å². The van der Waals surface area contributed by atoms with Crippen LogP contribution in [0.15, 0.2) is 24.7 Å². The summed E-state index contributed by atoms with van der Waals surface area (Å²) in [4.78, 5) is 22.7. The number of hydrogen-bond donors (Lipinski definition) is 0. The van der Waals surface area contributed by atoms with Crippen molar-refractivity contribution in [3.8, 4) is 11.4 Å². The van der Waals surface area contributed by atoms with Crippen molar-refractivity contribution >= 4 is 5.91 Å². The second-order valence-corrected chi connectivity index (χ2v) is 6.06. The van der Waals surface area contributed by atoms with Gasteiger partial charge in [0.15, 0.2) is 0 Å². The average Bonchev–Trinajstić information content (AvgIpc) is 3.04. The Morgan fingerprint density at radius 1 is 1.30 bits per heavy atom. The molecule has 3 heterocycles. The third-order valence-electron chi connectivity index (χ3n) is 4.48. The Balaban J connectivity index is 1.82. The zero-order valence-corrected chi connectivity index (χ0v) is 13.8. The number of nitrogens with zero attached hydrogens (tertiary/aromatic N) is 5. The van der Waals surface area contributed by atoms with E-state index in [2.05, 4.69) is 22.0 Å². The first-order valence-corrected chi connectivity index (χ1v) is 8.26. The van der Waals surface area contributed by atoms with Gasteiger partial charge in [-0.05, 0) is 38.2 Å². The number of amides is 1. The van der Waals surface area contributed by atoms with Crippen molar-refractivity contribution in [2.24, 2.45) is 5.92 Å². The van der Waals surface area contributed by atoms with Gasteiger partial charge in [-0.25, -0.2) is 0 Å². The third kappa shape index (κ3) is 3.41. The van der Waals surface area contributed by atoms with Crippen molar-refractivity contribution in [1.29, 1.82) is 0 Å². The van der Waals surface area contributed by atoms with Crippen molar-refractivity contribution in [3.63, 3.8) is 0 Å². The standard InChI is InChI=1S/C17H23N5O/c1-3-22-16(6-7-20-22)17-15(18-8-9-19-17)11-14-5-4-10-21(12-14)13(2)23/h6-9,14H,3-5,10-12H2,1-2H3/t14-/m1/s1. The Labute approximate surface area is 136 Å². The smallest absolute Gasteiger partial charge is 0.219 e. The lowest BCUT2D eigenvalue weighted by atomic mass is 9.92. The molecular weight excluding hydrogens is 290 g/mol. The van der Waals surface area contributed by atoms with Crippen LogP contribution in [0.5, 0.6) is 0 Å². The topological polar surface area (TPSA) is 63.9 Å². The SMILES string of the molecule is CCn1nccc1-c1nccnc1C[C@H]1CCCN(C(C)=O)C1. The number of carbonyl (C=O) groups is 1. The van der Waals surface area contributed by atoms with E-state index in [9.17, 15) is 4.79 Å². The van der Waals surface area contributed by atoms with Crippen molar-refractivity contribution in [2.45, 2.75) is 39.7 Å². The number of rotatable bonds is 4. The predicted octanol–water partition coefficient (Wildman–Crippen LogP) is 2.16. The average molecular weight is 313 g/mol. The van der Waals surface area contributed by atoms with Crippen LogP contribution in [0.4, 0.5) is 0 Å². The molecule has 1 saturated heterocycles. The zero-order chi connectivity index (χ0) is 16.2. The van der Waals surface area contributed by atoms with Gasteiger partial charge >= 0.3 is 0 Å². The summed E-state index contributed by atoms with van der Waals surface area (Å²) in [6.07, 6.45) is 8.32. The minimum Gasteiger partial charge on any atom is -0.343 e. The van der Waals surface area contributed by atoms with Gasteiger partial charge < -0.3 is 4.90 Å². The summed E-state index contributed by atoms with van der Waals surface area (Å²) in [6.45, 7) is 6.22. The molecule has 0 saturated carbocycles. The molecule has 6 nitrogen and oxygen atoms in total. The highest BCUT2D eigenvalue weighted by atomic mass is 16.2. The van der Waals surface area contributed by atoms with E-state index in [4.69, 9.17) is 0 Å². The number of carbonyl (C=O) groups excluding carboxylic acids is 1. The molecule has 0 aliphatic carbocycles. The van der Waals surface area contributed by atoms with Crippen molar-refractivity contribution in [1.82, 2.24) is 24.6 Å². The van der Waals surface area contributed by atoms with Crippen molar-refractivity contribution < 1.29 is 4.79 Å². The Morgan fingerprint density at radius 3 is 2.91 bits per heavy atom. The van der Waals surface area contributed by atoms with Crippen LogP contribution in [0, 0.1) is 5.92 Å². The van der Waals surface area contributed by atoms with E-state index in [1.165, 1.54) is 0 Å². The fourth-order valence-corrected chi connectivity index (χ4v) is 3.31. The fourth-order valence-electron chi connectivity index (χ4n) is 3.31. The highest BCUT2D eigenvalue weighted by Crippen LogP contribution is 2.25. The maximum absolute atomic E-state index is 11.6. The molecule has 23 heavy (non-hydrogen) atoms. The van der Waals surface area contributed by atoms with Gasteiger partial charge in [0.2, 0.25) is 5.91 Å². The molecule has 3 rings (SSSR count). The Kier molecular flexibility index (Phi) is 4.69. The lowest BCUT2D eigenvalue weighted by molar-refractivity contribution is -0.130. The lowest BCUT2D eigenvalue weighted by Crippen LogP contribution is -2.39. The minimum absolute atomic E-state index is 0.165. The van der Waals surface area contributed by atoms with Gasteiger partial charge in [0, 0.05) is 45.1 Å². The second-order valence-electron chi connectivity index (χ2n) is 6.06. The predicted molar refractivity (Wildman–Crippen MR) is 87.6 cm³/mol. The molecular formula is C17H23N5O. The molecule has 2 aromatic heterocycles. The summed E-state index contributed by atoms with van der Waals surface area (Å²) in [5.41, 5.74) is 2.92. The van der Waals surface area contributed by atoms with E-state index in [0.29, 0.717) is 5.92 Å². The molecule has 122 valence electrons. The number of hydrogen-bond acceptors (Lipinski definition) is 4. The summed E-state index contributed by atoms with van der Waals surface area (Å²) in [6, 6.07) is 1.99. The number of piperidine rings is 1. The normalized spacial score (nSPS) is 18.2. The van der Waals surface area contributed by atoms with E-state index in [1.54, 1.807) is 25.5 Å². The summed E-state index contributed by atoms with van der Waals surface area (Å²) in [5, 5.41) is 4.33. The first-order valence-electron chi connectivity index (χ1n) is 8.26. The fraction of sp³-hybridized carbons (Fsp3) is 0.529. The van der Waals surface area contributed by atoms with E-state index >= 15 is 0 Å². The maximum Gasteiger partial charge on any atom is 0.219 e. The van der Waals surface area contributed by atoms with E-state index in [-0.39, 0.29) is 5.91 Å². The monoisotopic (exact) mass is 313 g/mol. The first-order chi connectivity index (χ1) is 11.2. The summed E-state index contributed by atoms with van der Waals surface area (Å²) in [5.74, 6) is 0.610. The molecule has 6 heteroatoms. The Bertz CT molecular complexity index is 681. The molecule has 0 radical (unpaired) electrons. The third-order valence-corrected chi connectivity index (χ3v) is 4.48. The zero-order valence-electron chi connectivity index (χ0n) is 13.8. The van der Waals surface area contributed by atoms with Gasteiger partial charge in [0.25, 0.3) is 0 Å². The van der Waals surface area contributed by atoms with Gasteiger partial charge in [-0.3, -0.25) is 19.4 Å². The van der Waals surface area contributed by atoms with Crippen molar-refractivity contribution in [2.75, 3.05) is 13.1 Å². The van der Waals surface area contributed by atoms with Gasteiger partial charge in [0.1, 0.15) is 5.69 Å². The van der Waals surface area contributed by atoms with Crippen LogP contribution >= 0.6 is 0 Å². The summed E-state index contributed by atoms with van der Waals surface area (Å²) < 4.78 is 1.94. The number of likely N-dealkylation sites (tertiary alicyclic amines) is 1. The van der Waals surface area contributed by atoms with Gasteiger partial charge in [-0.2, -0.15) is 5.10 Å². The van der Waals surface area contributed by atoms with E-state index in [0.717, 1.165) is 56.0 Å². The van der Waals surface area contributed by atoms with Crippen LogP contribution in [0.1, 0.15) is 32.4 Å². The molecule has 1 aliphatic rings. The molecule has 0 spiro atoms. The molecule has 1 aliphatic heterocycles. The second kappa shape index (κ2) is 6.89. The van der Waals surface area contributed by atoms with Gasteiger partial charge in [-0.1, -0.05) is 0 Å². The number of aryl methyl sites for hydroxylation is 1. The van der Waals surface area contributed by atoms with Crippen LogP contribution < -0.4 is 0 Å². The molecule has 0 unspecified atom stereocenters. The largest absolute Gasteiger partial charge is 0.343 e. The van der Waals surface area contributed by atoms with Crippen LogP contribution in [0.3, 0.4) is 0 Å². The lowest BCUT2D eigenvalue weighted by Gasteiger charge is -2.32. The summed E-state index contributed by atoms with van der Waals surface area (Å²) >= 11 is 0. The van der Waals surface area contributed by atoms with Gasteiger partial charge in [0.05, 0.1) is 11.4 Å². The first kappa shape index (κ1) is 15.6. The Hall–Kier alpha value is -2.24.